The number of aromatic nitrogens is 1. The molecule has 3 heteroatoms. The van der Waals surface area contributed by atoms with Gasteiger partial charge >= 0.3 is 0 Å². The van der Waals surface area contributed by atoms with Gasteiger partial charge in [0.15, 0.2) is 0 Å². The van der Waals surface area contributed by atoms with Gasteiger partial charge in [-0.15, -0.1) is 0 Å². The van der Waals surface area contributed by atoms with Crippen molar-refractivity contribution >= 4 is 6.41 Å². The van der Waals surface area contributed by atoms with Crippen molar-refractivity contribution in [2.24, 2.45) is 0 Å². The monoisotopic (exact) mass is 138 g/mol. The summed E-state index contributed by atoms with van der Waals surface area (Å²) in [5.74, 6) is 0. The molecule has 0 bridgehead atoms. The normalized spacial score (nSPS) is 9.30. The number of amides is 1. The van der Waals surface area contributed by atoms with Crippen molar-refractivity contribution in [3.63, 3.8) is 0 Å². The first-order chi connectivity index (χ1) is 4.88. The molecule has 1 heterocycles. The van der Waals surface area contributed by atoms with Crippen molar-refractivity contribution < 1.29 is 4.79 Å². The van der Waals surface area contributed by atoms with Crippen LogP contribution in [0.3, 0.4) is 0 Å². The molecular formula is C7H10N2O. The van der Waals surface area contributed by atoms with Crippen LogP contribution >= 0.6 is 0 Å². The van der Waals surface area contributed by atoms with E-state index in [0.29, 0.717) is 6.54 Å². The van der Waals surface area contributed by atoms with Gasteiger partial charge in [0.2, 0.25) is 6.41 Å². The maximum atomic E-state index is 10.3. The molecule has 0 aliphatic carbocycles. The summed E-state index contributed by atoms with van der Waals surface area (Å²) < 4.78 is 1.74. The Bertz CT molecular complexity index is 193. The summed E-state index contributed by atoms with van der Waals surface area (Å²) in [6.45, 7) is 2.62. The topological polar surface area (TPSA) is 25.2 Å². The predicted molar refractivity (Wildman–Crippen MR) is 39.3 cm³/mol. The highest BCUT2D eigenvalue weighted by Gasteiger charge is 1.95. The predicted octanol–water partition coefficient (Wildman–Crippen LogP) is 0.602. The number of hydrogen-bond acceptors (Lipinski definition) is 1. The Labute approximate surface area is 59.8 Å². The molecule has 0 fully saturated rings. The molecule has 10 heavy (non-hydrogen) atoms. The molecule has 1 aromatic heterocycles. The standard InChI is InChI=1S/C7H10N2O/c1-2-8(7-10)9-5-3-4-6-9/h3-7H,2H2,1H3. The third kappa shape index (κ3) is 1.18. The second-order valence-electron chi connectivity index (χ2n) is 1.92. The van der Waals surface area contributed by atoms with Crippen LogP contribution in [-0.4, -0.2) is 17.6 Å². The first kappa shape index (κ1) is 6.86. The molecule has 0 radical (unpaired) electrons. The zero-order valence-electron chi connectivity index (χ0n) is 5.90. The molecule has 0 aliphatic rings. The largest absolute Gasteiger partial charge is 0.277 e. The van der Waals surface area contributed by atoms with E-state index < -0.39 is 0 Å². The number of hydrogen-bond donors (Lipinski definition) is 0. The Morgan fingerprint density at radius 3 is 2.50 bits per heavy atom. The van der Waals surface area contributed by atoms with Crippen molar-refractivity contribution in [2.45, 2.75) is 6.92 Å². The molecule has 0 aromatic carbocycles. The molecule has 0 unspecified atom stereocenters. The van der Waals surface area contributed by atoms with E-state index in [0.717, 1.165) is 6.41 Å². The quantitative estimate of drug-likeness (QED) is 0.561. The van der Waals surface area contributed by atoms with Gasteiger partial charge in [0.1, 0.15) is 0 Å². The minimum atomic E-state index is 0.693. The zero-order chi connectivity index (χ0) is 7.40. The summed E-state index contributed by atoms with van der Waals surface area (Å²) in [4.78, 5) is 10.3. The highest BCUT2D eigenvalue weighted by molar-refractivity contribution is 5.60. The van der Waals surface area contributed by atoms with Crippen LogP contribution in [0.4, 0.5) is 0 Å². The fourth-order valence-corrected chi connectivity index (χ4v) is 0.789. The zero-order valence-corrected chi connectivity index (χ0v) is 5.90. The summed E-state index contributed by atoms with van der Waals surface area (Å²) in [5, 5.41) is 1.57. The lowest BCUT2D eigenvalue weighted by atomic mass is 10.7. The highest BCUT2D eigenvalue weighted by Crippen LogP contribution is 1.89. The van der Waals surface area contributed by atoms with E-state index in [1.54, 1.807) is 9.69 Å². The Hall–Kier alpha value is -1.25. The number of carbonyl (C=O) groups is 1. The van der Waals surface area contributed by atoms with Crippen LogP contribution < -0.4 is 5.01 Å². The van der Waals surface area contributed by atoms with E-state index in [1.807, 2.05) is 31.5 Å². The molecule has 0 saturated heterocycles. The fourth-order valence-electron chi connectivity index (χ4n) is 0.789. The molecule has 0 saturated carbocycles. The Kier molecular flexibility index (Phi) is 2.10. The van der Waals surface area contributed by atoms with E-state index in [9.17, 15) is 4.79 Å². The molecule has 54 valence electrons. The van der Waals surface area contributed by atoms with E-state index in [-0.39, 0.29) is 0 Å². The third-order valence-electron chi connectivity index (χ3n) is 1.33. The lowest BCUT2D eigenvalue weighted by Crippen LogP contribution is -2.31. The van der Waals surface area contributed by atoms with Crippen LogP contribution in [0.15, 0.2) is 24.5 Å². The van der Waals surface area contributed by atoms with Gasteiger partial charge in [-0.2, -0.15) is 0 Å². The van der Waals surface area contributed by atoms with Gasteiger partial charge in [-0.1, -0.05) is 0 Å². The lowest BCUT2D eigenvalue weighted by Gasteiger charge is -2.15. The van der Waals surface area contributed by atoms with Gasteiger partial charge < -0.3 is 0 Å². The van der Waals surface area contributed by atoms with Crippen LogP contribution in [0.25, 0.3) is 0 Å². The first-order valence-corrected chi connectivity index (χ1v) is 3.23. The Morgan fingerprint density at radius 1 is 1.50 bits per heavy atom. The second-order valence-corrected chi connectivity index (χ2v) is 1.92. The molecule has 1 rings (SSSR count). The van der Waals surface area contributed by atoms with Gasteiger partial charge in [-0.25, -0.2) is 0 Å². The second kappa shape index (κ2) is 3.06. The maximum Gasteiger partial charge on any atom is 0.228 e. The van der Waals surface area contributed by atoms with E-state index >= 15 is 0 Å². The average molecular weight is 138 g/mol. The summed E-state index contributed by atoms with van der Waals surface area (Å²) in [7, 11) is 0. The van der Waals surface area contributed by atoms with Gasteiger partial charge in [-0.05, 0) is 19.1 Å². The van der Waals surface area contributed by atoms with Crippen molar-refractivity contribution in [1.29, 1.82) is 0 Å². The summed E-state index contributed by atoms with van der Waals surface area (Å²) in [6, 6.07) is 3.76. The molecule has 0 spiro atoms. The van der Waals surface area contributed by atoms with Gasteiger partial charge in [-0.3, -0.25) is 14.5 Å². The molecule has 1 amide bonds. The smallest absolute Gasteiger partial charge is 0.228 e. The van der Waals surface area contributed by atoms with E-state index in [2.05, 4.69) is 0 Å². The summed E-state index contributed by atoms with van der Waals surface area (Å²) >= 11 is 0. The molecule has 1 aromatic rings. The number of rotatable bonds is 3. The van der Waals surface area contributed by atoms with Crippen LogP contribution in [0.2, 0.25) is 0 Å². The van der Waals surface area contributed by atoms with Crippen molar-refractivity contribution in [3.05, 3.63) is 24.5 Å². The van der Waals surface area contributed by atoms with Crippen LogP contribution in [-0.2, 0) is 4.79 Å². The minimum Gasteiger partial charge on any atom is -0.277 e. The van der Waals surface area contributed by atoms with Gasteiger partial charge in [0.05, 0.1) is 0 Å². The fraction of sp³-hybridized carbons (Fsp3) is 0.286. The lowest BCUT2D eigenvalue weighted by molar-refractivity contribution is -0.108. The Balaban J connectivity index is 2.73. The number of carbonyl (C=O) groups excluding carboxylic acids is 1. The maximum absolute atomic E-state index is 10.3. The average Bonchev–Trinajstić information content (AvgIpc) is 2.43. The summed E-state index contributed by atoms with van der Waals surface area (Å²) in [6.07, 6.45) is 4.47. The molecule has 3 nitrogen and oxygen atoms in total. The first-order valence-electron chi connectivity index (χ1n) is 3.23. The Morgan fingerprint density at radius 2 is 2.10 bits per heavy atom. The van der Waals surface area contributed by atoms with Gasteiger partial charge in [0, 0.05) is 18.9 Å². The van der Waals surface area contributed by atoms with Crippen LogP contribution in [0.1, 0.15) is 6.92 Å². The summed E-state index contributed by atoms with van der Waals surface area (Å²) in [5.41, 5.74) is 0. The van der Waals surface area contributed by atoms with Crippen LogP contribution in [0.5, 0.6) is 0 Å². The molecule has 0 aliphatic heterocycles. The van der Waals surface area contributed by atoms with E-state index in [1.165, 1.54) is 0 Å². The van der Waals surface area contributed by atoms with Crippen molar-refractivity contribution in [1.82, 2.24) is 4.68 Å². The van der Waals surface area contributed by atoms with E-state index in [4.69, 9.17) is 0 Å². The molecular weight excluding hydrogens is 128 g/mol. The third-order valence-corrected chi connectivity index (χ3v) is 1.33. The van der Waals surface area contributed by atoms with Gasteiger partial charge in [0.25, 0.3) is 0 Å². The number of nitrogens with zero attached hydrogens (tertiary/aromatic N) is 2. The minimum absolute atomic E-state index is 0.693. The molecule has 0 atom stereocenters. The van der Waals surface area contributed by atoms with Crippen LogP contribution in [0, 0.1) is 0 Å². The highest BCUT2D eigenvalue weighted by atomic mass is 16.1. The molecule has 0 N–H and O–H groups in total. The SMILES string of the molecule is CCN(C=O)n1cccc1. The van der Waals surface area contributed by atoms with Crippen molar-refractivity contribution in [3.8, 4) is 0 Å². The van der Waals surface area contributed by atoms with Crippen molar-refractivity contribution in [2.75, 3.05) is 11.6 Å².